The highest BCUT2D eigenvalue weighted by atomic mass is 32.1. The van der Waals surface area contributed by atoms with Crippen LogP contribution in [0.5, 0.6) is 5.75 Å². The molecular formula is C28H38N2O4S. The Morgan fingerprint density at radius 2 is 1.91 bits per heavy atom. The standard InChI is InChI=1S/C28H38N2O4S/c1-18(27(33)29-16-21-10-7-15-35-21)22-11-13-28(3)14-12-23(19(2)25(28)26(22)32)30-24(31)17-34-20-8-5-4-6-9-20/h4-10,15,18-19,22-23,25-26,32H,11-14,16-17H2,1-3H3,(H,29,33)(H,30,31)/t18-,19-,22-,23-,25+,26-,28+/m0/s1. The van der Waals surface area contributed by atoms with E-state index in [1.165, 1.54) is 0 Å². The van der Waals surface area contributed by atoms with E-state index >= 15 is 0 Å². The molecule has 1 heterocycles. The summed E-state index contributed by atoms with van der Waals surface area (Å²) >= 11 is 1.63. The first-order valence-corrected chi connectivity index (χ1v) is 13.6. The molecule has 4 rings (SSSR count). The van der Waals surface area contributed by atoms with Gasteiger partial charge in [0.15, 0.2) is 6.61 Å². The molecule has 0 bridgehead atoms. The van der Waals surface area contributed by atoms with Gasteiger partial charge in [-0.15, -0.1) is 11.3 Å². The van der Waals surface area contributed by atoms with Gasteiger partial charge in [0.25, 0.3) is 5.91 Å². The third-order valence-electron chi connectivity index (χ3n) is 8.42. The van der Waals surface area contributed by atoms with E-state index in [4.69, 9.17) is 4.74 Å². The molecule has 2 aliphatic rings. The van der Waals surface area contributed by atoms with Crippen LogP contribution in [0.1, 0.15) is 51.3 Å². The Kier molecular flexibility index (Phi) is 8.17. The van der Waals surface area contributed by atoms with Crippen LogP contribution in [-0.2, 0) is 16.1 Å². The van der Waals surface area contributed by atoms with Crippen LogP contribution in [0.4, 0.5) is 0 Å². The van der Waals surface area contributed by atoms with Crippen LogP contribution >= 0.6 is 11.3 Å². The number of carbonyl (C=O) groups excluding carboxylic acids is 2. The lowest BCUT2D eigenvalue weighted by Gasteiger charge is -2.56. The first kappa shape index (κ1) is 25.7. The molecule has 190 valence electrons. The van der Waals surface area contributed by atoms with Gasteiger partial charge in [0.2, 0.25) is 5.91 Å². The van der Waals surface area contributed by atoms with Crippen LogP contribution in [0.15, 0.2) is 47.8 Å². The molecule has 0 unspecified atom stereocenters. The SMILES string of the molecule is C[C@@H]1[C@@H]2[C@@H](O)[C@H]([C@H](C)C(=O)NCc3cccs3)CC[C@]2(C)CC[C@@H]1NC(=O)COc1ccccc1. The van der Waals surface area contributed by atoms with Crippen molar-refractivity contribution >= 4 is 23.2 Å². The van der Waals surface area contributed by atoms with Gasteiger partial charge in [0, 0.05) is 16.8 Å². The summed E-state index contributed by atoms with van der Waals surface area (Å²) in [6, 6.07) is 13.3. The van der Waals surface area contributed by atoms with Gasteiger partial charge in [-0.3, -0.25) is 9.59 Å². The molecule has 2 saturated carbocycles. The number of carbonyl (C=O) groups is 2. The summed E-state index contributed by atoms with van der Waals surface area (Å²) in [4.78, 5) is 26.7. The molecule has 2 fully saturated rings. The van der Waals surface area contributed by atoms with Crippen LogP contribution in [0.2, 0.25) is 0 Å². The van der Waals surface area contributed by atoms with E-state index in [0.29, 0.717) is 12.3 Å². The number of benzene rings is 1. The first-order valence-electron chi connectivity index (χ1n) is 12.7. The van der Waals surface area contributed by atoms with Crippen LogP contribution in [-0.4, -0.2) is 35.7 Å². The fraction of sp³-hybridized carbons (Fsp3) is 0.571. The topological polar surface area (TPSA) is 87.7 Å². The Morgan fingerprint density at radius 3 is 2.63 bits per heavy atom. The van der Waals surface area contributed by atoms with E-state index in [9.17, 15) is 14.7 Å². The summed E-state index contributed by atoms with van der Waals surface area (Å²) in [5.74, 6) is 0.306. The highest BCUT2D eigenvalue weighted by Crippen LogP contribution is 2.55. The third kappa shape index (κ3) is 5.89. The highest BCUT2D eigenvalue weighted by molar-refractivity contribution is 7.09. The molecule has 2 amide bonds. The molecule has 2 aliphatic carbocycles. The minimum atomic E-state index is -0.577. The second-order valence-corrected chi connectivity index (χ2v) is 11.7. The monoisotopic (exact) mass is 498 g/mol. The van der Waals surface area contributed by atoms with Gasteiger partial charge in [0.05, 0.1) is 12.6 Å². The molecular weight excluding hydrogens is 460 g/mol. The number of nitrogens with one attached hydrogen (secondary N) is 2. The van der Waals surface area contributed by atoms with Gasteiger partial charge in [-0.25, -0.2) is 0 Å². The number of hydrogen-bond donors (Lipinski definition) is 3. The van der Waals surface area contributed by atoms with Crippen LogP contribution in [0, 0.1) is 29.1 Å². The molecule has 3 N–H and O–H groups in total. The van der Waals surface area contributed by atoms with Crippen molar-refractivity contribution in [2.75, 3.05) is 6.61 Å². The fourth-order valence-electron chi connectivity index (χ4n) is 6.35. The summed E-state index contributed by atoms with van der Waals surface area (Å²) in [6.07, 6.45) is 3.10. The fourth-order valence-corrected chi connectivity index (χ4v) is 7.00. The van der Waals surface area contributed by atoms with Crippen LogP contribution in [0.25, 0.3) is 0 Å². The number of ether oxygens (including phenoxy) is 1. The largest absolute Gasteiger partial charge is 0.484 e. The zero-order valence-electron chi connectivity index (χ0n) is 20.9. The predicted molar refractivity (Wildman–Crippen MR) is 138 cm³/mol. The molecule has 0 saturated heterocycles. The summed E-state index contributed by atoms with van der Waals surface area (Å²) in [6.45, 7) is 6.85. The molecule has 6 nitrogen and oxygen atoms in total. The number of thiophene rings is 1. The van der Waals surface area contributed by atoms with E-state index in [1.807, 2.05) is 54.8 Å². The Hall–Kier alpha value is -2.38. The van der Waals surface area contributed by atoms with Gasteiger partial charge in [0.1, 0.15) is 5.75 Å². The third-order valence-corrected chi connectivity index (χ3v) is 9.30. The van der Waals surface area contributed by atoms with Crippen LogP contribution < -0.4 is 15.4 Å². The quantitative estimate of drug-likeness (QED) is 0.504. The second kappa shape index (κ2) is 11.1. The van der Waals surface area contributed by atoms with Crippen LogP contribution in [0.3, 0.4) is 0 Å². The maximum atomic E-state index is 12.9. The molecule has 0 radical (unpaired) electrons. The number of para-hydroxylation sites is 1. The average molecular weight is 499 g/mol. The molecule has 7 heteroatoms. The zero-order chi connectivity index (χ0) is 25.0. The van der Waals surface area contributed by atoms with Gasteiger partial charge in [-0.2, -0.15) is 0 Å². The van der Waals surface area contributed by atoms with Crippen molar-refractivity contribution in [2.45, 2.75) is 65.1 Å². The number of aliphatic hydroxyl groups excluding tert-OH is 1. The number of aliphatic hydroxyl groups is 1. The number of hydrogen-bond acceptors (Lipinski definition) is 5. The van der Waals surface area contributed by atoms with Crippen molar-refractivity contribution in [1.82, 2.24) is 10.6 Å². The summed E-state index contributed by atoms with van der Waals surface area (Å²) < 4.78 is 5.61. The van der Waals surface area contributed by atoms with Crippen molar-refractivity contribution < 1.29 is 19.4 Å². The van der Waals surface area contributed by atoms with E-state index in [-0.39, 0.29) is 53.5 Å². The first-order chi connectivity index (χ1) is 16.8. The lowest BCUT2D eigenvalue weighted by atomic mass is 9.51. The molecule has 2 aromatic rings. The van der Waals surface area contributed by atoms with Gasteiger partial charge in [-0.05, 0) is 72.4 Å². The maximum absolute atomic E-state index is 12.9. The van der Waals surface area contributed by atoms with Crippen molar-refractivity contribution in [1.29, 1.82) is 0 Å². The Balaban J connectivity index is 1.36. The van der Waals surface area contributed by atoms with E-state index in [2.05, 4.69) is 24.5 Å². The highest BCUT2D eigenvalue weighted by Gasteiger charge is 2.53. The molecule has 0 aliphatic heterocycles. The minimum absolute atomic E-state index is 0.00238. The van der Waals surface area contributed by atoms with Crippen molar-refractivity contribution in [3.05, 3.63) is 52.7 Å². The smallest absolute Gasteiger partial charge is 0.258 e. The van der Waals surface area contributed by atoms with Gasteiger partial charge >= 0.3 is 0 Å². The predicted octanol–water partition coefficient (Wildman–Crippen LogP) is 4.39. The summed E-state index contributed by atoms with van der Waals surface area (Å²) in [5.41, 5.74) is 0.0181. The van der Waals surface area contributed by atoms with E-state index in [1.54, 1.807) is 11.3 Å². The molecule has 7 atom stereocenters. The Labute approximate surface area is 212 Å². The zero-order valence-corrected chi connectivity index (χ0v) is 21.7. The molecule has 1 aromatic heterocycles. The normalized spacial score (nSPS) is 31.1. The van der Waals surface area contributed by atoms with Gasteiger partial charge in [-0.1, -0.05) is 45.0 Å². The maximum Gasteiger partial charge on any atom is 0.258 e. The van der Waals surface area contributed by atoms with E-state index < -0.39 is 6.10 Å². The molecule has 0 spiro atoms. The Morgan fingerprint density at radius 1 is 1.17 bits per heavy atom. The number of amides is 2. The number of rotatable bonds is 8. The molecule has 35 heavy (non-hydrogen) atoms. The van der Waals surface area contributed by atoms with Gasteiger partial charge < -0.3 is 20.5 Å². The lowest BCUT2D eigenvalue weighted by molar-refractivity contribution is -0.144. The number of fused-ring (bicyclic) bond motifs is 1. The van der Waals surface area contributed by atoms with Crippen molar-refractivity contribution in [3.8, 4) is 5.75 Å². The average Bonchev–Trinajstić information content (AvgIpc) is 3.37. The summed E-state index contributed by atoms with van der Waals surface area (Å²) in [7, 11) is 0. The molecule has 1 aromatic carbocycles. The summed E-state index contributed by atoms with van der Waals surface area (Å²) in [5, 5.41) is 19.8. The van der Waals surface area contributed by atoms with E-state index in [0.717, 1.165) is 30.6 Å². The lowest BCUT2D eigenvalue weighted by Crippen LogP contribution is -2.58. The second-order valence-electron chi connectivity index (χ2n) is 10.6. The minimum Gasteiger partial charge on any atom is -0.484 e. The van der Waals surface area contributed by atoms with Crippen molar-refractivity contribution in [2.24, 2.45) is 29.1 Å². The Bertz CT molecular complexity index is 982. The van der Waals surface area contributed by atoms with Crippen molar-refractivity contribution in [3.63, 3.8) is 0 Å².